The topological polar surface area (TPSA) is 44.8 Å². The van der Waals surface area contributed by atoms with Crippen LogP contribution in [0.1, 0.15) is 15.9 Å². The molecule has 0 saturated carbocycles. The van der Waals surface area contributed by atoms with E-state index in [0.717, 1.165) is 16.1 Å². The van der Waals surface area contributed by atoms with Crippen LogP contribution < -0.4 is 4.74 Å². The summed E-state index contributed by atoms with van der Waals surface area (Å²) in [5, 5.41) is 0. The highest BCUT2D eigenvalue weighted by molar-refractivity contribution is 9.10. The number of carbonyl (C=O) groups excluding carboxylic acids is 1. The average Bonchev–Trinajstić information content (AvgIpc) is 2.40. The number of esters is 1. The van der Waals surface area contributed by atoms with Crippen molar-refractivity contribution in [1.29, 1.82) is 0 Å². The van der Waals surface area contributed by atoms with Crippen LogP contribution in [0.2, 0.25) is 25.7 Å². The smallest absolute Gasteiger partial charge is 0.338 e. The lowest BCUT2D eigenvalue weighted by atomic mass is 10.1. The Morgan fingerprint density at radius 1 is 1.29 bits per heavy atom. The van der Waals surface area contributed by atoms with Gasteiger partial charge < -0.3 is 14.2 Å². The van der Waals surface area contributed by atoms with Crippen molar-refractivity contribution in [1.82, 2.24) is 0 Å². The maximum Gasteiger partial charge on any atom is 0.338 e. The van der Waals surface area contributed by atoms with E-state index >= 15 is 0 Å². The summed E-state index contributed by atoms with van der Waals surface area (Å²) in [6, 6.07) is 4.60. The second-order valence-electron chi connectivity index (χ2n) is 6.05. The van der Waals surface area contributed by atoms with Gasteiger partial charge in [0.1, 0.15) is 5.75 Å². The molecule has 0 aliphatic heterocycles. The van der Waals surface area contributed by atoms with Crippen LogP contribution in [0.5, 0.6) is 5.75 Å². The predicted molar refractivity (Wildman–Crippen MR) is 89.8 cm³/mol. The van der Waals surface area contributed by atoms with Crippen molar-refractivity contribution >= 4 is 30.0 Å². The first-order valence-corrected chi connectivity index (χ1v) is 11.3. The molecule has 6 heteroatoms. The molecular weight excluding hydrogens is 352 g/mol. The quantitative estimate of drug-likeness (QED) is 0.310. The van der Waals surface area contributed by atoms with E-state index < -0.39 is 8.07 Å². The molecule has 0 saturated heterocycles. The lowest BCUT2D eigenvalue weighted by Crippen LogP contribution is -2.22. The molecule has 0 spiro atoms. The minimum atomic E-state index is -1.08. The zero-order chi connectivity index (χ0) is 16.0. The number of hydrogen-bond acceptors (Lipinski definition) is 4. The normalized spacial score (nSPS) is 11.3. The van der Waals surface area contributed by atoms with E-state index in [2.05, 4.69) is 35.6 Å². The predicted octanol–water partition coefficient (Wildman–Crippen LogP) is 4.24. The highest BCUT2D eigenvalue weighted by atomic mass is 79.9. The van der Waals surface area contributed by atoms with E-state index in [4.69, 9.17) is 14.2 Å². The third-order valence-electron chi connectivity index (χ3n) is 3.03. The molecule has 0 heterocycles. The minimum absolute atomic E-state index is 0.181. The minimum Gasteiger partial charge on any atom is -0.467 e. The third-order valence-corrected chi connectivity index (χ3v) is 5.56. The summed E-state index contributed by atoms with van der Waals surface area (Å²) in [6.45, 7) is 9.64. The lowest BCUT2D eigenvalue weighted by molar-refractivity contribution is 0.0218. The first-order valence-electron chi connectivity index (χ1n) is 6.83. The summed E-state index contributed by atoms with van der Waals surface area (Å²) in [7, 11) is 0.283. The SMILES string of the molecule is COC(=O)c1cc(OCOCC[Si](C)(C)C)cc(Br)c1C. The molecule has 0 bridgehead atoms. The maximum atomic E-state index is 11.7. The van der Waals surface area contributed by atoms with Crippen LogP contribution >= 0.6 is 15.9 Å². The number of carbonyl (C=O) groups is 1. The molecule has 1 rings (SSSR count). The summed E-state index contributed by atoms with van der Waals surface area (Å²) < 4.78 is 16.6. The Morgan fingerprint density at radius 3 is 2.52 bits per heavy atom. The van der Waals surface area contributed by atoms with Gasteiger partial charge >= 0.3 is 5.97 Å². The first-order chi connectivity index (χ1) is 9.74. The van der Waals surface area contributed by atoms with Crippen molar-refractivity contribution in [3.05, 3.63) is 27.7 Å². The van der Waals surface area contributed by atoms with Gasteiger partial charge in [0, 0.05) is 19.2 Å². The van der Waals surface area contributed by atoms with Gasteiger partial charge in [-0.15, -0.1) is 0 Å². The van der Waals surface area contributed by atoms with Crippen molar-refractivity contribution in [2.24, 2.45) is 0 Å². The van der Waals surface area contributed by atoms with E-state index in [0.29, 0.717) is 17.9 Å². The summed E-state index contributed by atoms with van der Waals surface area (Å²) in [4.78, 5) is 11.7. The molecule has 0 aromatic heterocycles. The van der Waals surface area contributed by atoms with Crippen LogP contribution in [0, 0.1) is 6.92 Å². The maximum absolute atomic E-state index is 11.7. The van der Waals surface area contributed by atoms with Crippen molar-refractivity contribution in [2.75, 3.05) is 20.5 Å². The monoisotopic (exact) mass is 374 g/mol. The van der Waals surface area contributed by atoms with E-state index in [9.17, 15) is 4.79 Å². The van der Waals surface area contributed by atoms with Gasteiger partial charge in [0.15, 0.2) is 6.79 Å². The highest BCUT2D eigenvalue weighted by Gasteiger charge is 2.14. The molecule has 0 atom stereocenters. The highest BCUT2D eigenvalue weighted by Crippen LogP contribution is 2.27. The van der Waals surface area contributed by atoms with Gasteiger partial charge in [-0.05, 0) is 30.7 Å². The summed E-state index contributed by atoms with van der Waals surface area (Å²) in [5.41, 5.74) is 1.32. The van der Waals surface area contributed by atoms with Gasteiger partial charge in [0.05, 0.1) is 12.7 Å². The number of benzene rings is 1. The molecular formula is C15H23BrO4Si. The molecule has 0 amide bonds. The van der Waals surface area contributed by atoms with Crippen molar-refractivity contribution < 1.29 is 19.0 Å². The van der Waals surface area contributed by atoms with Crippen LogP contribution in [0.4, 0.5) is 0 Å². The van der Waals surface area contributed by atoms with Crippen LogP contribution in [0.3, 0.4) is 0 Å². The number of ether oxygens (including phenoxy) is 3. The van der Waals surface area contributed by atoms with Crippen molar-refractivity contribution in [3.8, 4) is 5.75 Å². The Kier molecular flexibility index (Phi) is 6.90. The van der Waals surface area contributed by atoms with E-state index in [1.54, 1.807) is 6.07 Å². The molecule has 21 heavy (non-hydrogen) atoms. The fraction of sp³-hybridized carbons (Fsp3) is 0.533. The number of methoxy groups -OCH3 is 1. The Labute approximate surface area is 135 Å². The van der Waals surface area contributed by atoms with Gasteiger partial charge in [0.25, 0.3) is 0 Å². The largest absolute Gasteiger partial charge is 0.467 e. The standard InChI is InChI=1S/C15H23BrO4Si/c1-11-13(15(17)18-2)8-12(9-14(11)16)20-10-19-6-7-21(3,4)5/h8-9H,6-7,10H2,1-5H3. The number of halogens is 1. The van der Waals surface area contributed by atoms with Gasteiger partial charge in [-0.25, -0.2) is 4.79 Å². The van der Waals surface area contributed by atoms with Crippen molar-refractivity contribution in [3.63, 3.8) is 0 Å². The zero-order valence-electron chi connectivity index (χ0n) is 13.3. The fourth-order valence-corrected chi connectivity index (χ4v) is 2.80. The van der Waals surface area contributed by atoms with Crippen LogP contribution in [-0.2, 0) is 9.47 Å². The Balaban J connectivity index is 2.60. The lowest BCUT2D eigenvalue weighted by Gasteiger charge is -2.16. The second-order valence-corrected chi connectivity index (χ2v) is 12.5. The van der Waals surface area contributed by atoms with Crippen LogP contribution in [-0.4, -0.2) is 34.6 Å². The molecule has 0 fully saturated rings. The second kappa shape index (κ2) is 7.96. The van der Waals surface area contributed by atoms with Gasteiger partial charge in [0.2, 0.25) is 0 Å². The molecule has 1 aromatic rings. The molecule has 4 nitrogen and oxygen atoms in total. The van der Waals surface area contributed by atoms with Gasteiger partial charge in [-0.1, -0.05) is 35.6 Å². The van der Waals surface area contributed by atoms with Crippen molar-refractivity contribution in [2.45, 2.75) is 32.6 Å². The molecule has 0 aliphatic carbocycles. The van der Waals surface area contributed by atoms with Crippen LogP contribution in [0.15, 0.2) is 16.6 Å². The first kappa shape index (κ1) is 18.2. The Morgan fingerprint density at radius 2 is 1.95 bits per heavy atom. The third kappa shape index (κ3) is 6.19. The Hall–Kier alpha value is -0.853. The Bertz CT molecular complexity index is 497. The summed E-state index contributed by atoms with van der Waals surface area (Å²) in [5.74, 6) is 0.208. The molecule has 0 N–H and O–H groups in total. The molecule has 118 valence electrons. The fourth-order valence-electron chi connectivity index (χ4n) is 1.61. The summed E-state index contributed by atoms with van der Waals surface area (Å²) in [6.07, 6.45) is 0. The number of rotatable bonds is 7. The summed E-state index contributed by atoms with van der Waals surface area (Å²) >= 11 is 3.42. The number of hydrogen-bond donors (Lipinski definition) is 0. The van der Waals surface area contributed by atoms with E-state index in [1.807, 2.05) is 13.0 Å². The van der Waals surface area contributed by atoms with Gasteiger partial charge in [-0.3, -0.25) is 0 Å². The van der Waals surface area contributed by atoms with Gasteiger partial charge in [-0.2, -0.15) is 0 Å². The zero-order valence-corrected chi connectivity index (χ0v) is 15.9. The molecule has 0 unspecified atom stereocenters. The molecule has 0 aliphatic rings. The molecule has 0 radical (unpaired) electrons. The van der Waals surface area contributed by atoms with Crippen LogP contribution in [0.25, 0.3) is 0 Å². The molecule has 1 aromatic carbocycles. The van der Waals surface area contributed by atoms with E-state index in [1.165, 1.54) is 7.11 Å². The van der Waals surface area contributed by atoms with E-state index in [-0.39, 0.29) is 12.8 Å². The average molecular weight is 375 g/mol.